The van der Waals surface area contributed by atoms with Crippen LogP contribution in [0.15, 0.2) is 30.3 Å². The number of carbonyl (C=O) groups is 1. The Bertz CT molecular complexity index is 635. The summed E-state index contributed by atoms with van der Waals surface area (Å²) in [6, 6.07) is 10.2. The summed E-state index contributed by atoms with van der Waals surface area (Å²) in [5.74, 6) is -0.287. The van der Waals surface area contributed by atoms with E-state index in [9.17, 15) is 9.36 Å². The zero-order valence-corrected chi connectivity index (χ0v) is 18.7. The first-order chi connectivity index (χ1) is 12.2. The maximum atomic E-state index is 13.6. The van der Waals surface area contributed by atoms with Gasteiger partial charge < -0.3 is 0 Å². The number of hydrogen-bond acceptors (Lipinski definition) is 5. The second-order valence-electron chi connectivity index (χ2n) is 7.14. The third-order valence-corrected chi connectivity index (χ3v) is 10.5. The number of esters is 1. The fourth-order valence-corrected chi connectivity index (χ4v) is 9.88. The first kappa shape index (κ1) is 21.7. The molecule has 1 fully saturated rings. The first-order valence-electron chi connectivity index (χ1n) is 9.01. The molecule has 146 valence electrons. The van der Waals surface area contributed by atoms with Gasteiger partial charge in [0, 0.05) is 0 Å². The first-order valence-corrected chi connectivity index (χ1v) is 12.3. The molecule has 1 aliphatic rings. The van der Waals surface area contributed by atoms with Crippen molar-refractivity contribution in [1.82, 2.24) is 0 Å². The van der Waals surface area contributed by atoms with Gasteiger partial charge in [0.05, 0.1) is 0 Å². The van der Waals surface area contributed by atoms with Crippen LogP contribution in [0.4, 0.5) is 0 Å². The molecule has 7 heteroatoms. The van der Waals surface area contributed by atoms with E-state index < -0.39 is 7.60 Å². The Morgan fingerprint density at radius 3 is 2.27 bits per heavy atom. The summed E-state index contributed by atoms with van der Waals surface area (Å²) in [4.78, 5) is 11.2. The fourth-order valence-electron chi connectivity index (χ4n) is 2.95. The van der Waals surface area contributed by atoms with Crippen molar-refractivity contribution in [2.75, 3.05) is 6.61 Å². The summed E-state index contributed by atoms with van der Waals surface area (Å²) in [6.45, 7) is 9.25. The van der Waals surface area contributed by atoms with E-state index in [1.807, 2.05) is 45.9 Å². The van der Waals surface area contributed by atoms with Crippen molar-refractivity contribution >= 4 is 33.0 Å². The van der Waals surface area contributed by atoms with E-state index in [0.717, 1.165) is 6.42 Å². The van der Waals surface area contributed by atoms with Crippen molar-refractivity contribution in [1.29, 1.82) is 0 Å². The summed E-state index contributed by atoms with van der Waals surface area (Å²) in [6.07, 6.45) is 1.12. The van der Waals surface area contributed by atoms with Crippen LogP contribution in [0.2, 0.25) is 4.31 Å². The van der Waals surface area contributed by atoms with Gasteiger partial charge in [0.15, 0.2) is 0 Å². The Balaban J connectivity index is 2.21. The van der Waals surface area contributed by atoms with Gasteiger partial charge >= 0.3 is 163 Å². The molecule has 0 amide bonds. The zero-order chi connectivity index (χ0) is 19.4. The van der Waals surface area contributed by atoms with E-state index in [4.69, 9.17) is 13.8 Å². The van der Waals surface area contributed by atoms with Gasteiger partial charge in [-0.05, 0) is 0 Å². The van der Waals surface area contributed by atoms with E-state index in [1.165, 1.54) is 11.4 Å². The summed E-state index contributed by atoms with van der Waals surface area (Å²) in [7, 11) is -3.24. The molecule has 0 radical (unpaired) electrons. The second kappa shape index (κ2) is 9.03. The van der Waals surface area contributed by atoms with Crippen LogP contribution in [0.25, 0.3) is 0 Å². The van der Waals surface area contributed by atoms with Crippen molar-refractivity contribution < 1.29 is 23.1 Å². The molecular formula is C19H29O5PSe. The van der Waals surface area contributed by atoms with Crippen LogP contribution in [-0.4, -0.2) is 45.4 Å². The predicted molar refractivity (Wildman–Crippen MR) is 104 cm³/mol. The summed E-state index contributed by atoms with van der Waals surface area (Å²) in [5, 5.41) is 0. The van der Waals surface area contributed by atoms with Crippen LogP contribution in [0, 0.1) is 0 Å². The number of carbonyl (C=O) groups excluding carboxylic acids is 1. The molecule has 0 N–H and O–H groups in total. The molecule has 2 atom stereocenters. The molecule has 0 aromatic heterocycles. The Morgan fingerprint density at radius 1 is 1.19 bits per heavy atom. The van der Waals surface area contributed by atoms with Gasteiger partial charge in [-0.1, -0.05) is 0 Å². The van der Waals surface area contributed by atoms with Crippen molar-refractivity contribution in [2.45, 2.75) is 69.6 Å². The third-order valence-electron chi connectivity index (χ3n) is 3.98. The quantitative estimate of drug-likeness (QED) is 0.309. The van der Waals surface area contributed by atoms with Gasteiger partial charge in [-0.3, -0.25) is 0 Å². The molecule has 1 unspecified atom stereocenters. The Kier molecular flexibility index (Phi) is 7.52. The number of rotatable bonds is 10. The third kappa shape index (κ3) is 5.93. The van der Waals surface area contributed by atoms with Gasteiger partial charge in [0.25, 0.3) is 0 Å². The summed E-state index contributed by atoms with van der Waals surface area (Å²) < 4.78 is 31.5. The molecule has 1 aromatic carbocycles. The van der Waals surface area contributed by atoms with Crippen LogP contribution in [0.5, 0.6) is 0 Å². The molecule has 1 saturated carbocycles. The molecule has 1 aliphatic carbocycles. The second-order valence-corrected chi connectivity index (χ2v) is 12.4. The standard InChI is InChI=1S/C19H29O5PSe/c1-14(2)23-25(21,24-15(3)4)18-13-19(18,11-12-22-16(5)20)26-17-9-7-6-8-10-17/h6-10,14-15,18H,11-13H2,1-5H3/t18?,19-/m0/s1. The number of hydrogen-bond donors (Lipinski definition) is 0. The predicted octanol–water partition coefficient (Wildman–Crippen LogP) is 3.94. The van der Waals surface area contributed by atoms with E-state index in [-0.39, 0.29) is 43.1 Å². The van der Waals surface area contributed by atoms with Crippen molar-refractivity contribution in [2.24, 2.45) is 0 Å². The minimum absolute atomic E-state index is 0.0927. The topological polar surface area (TPSA) is 61.8 Å². The van der Waals surface area contributed by atoms with Crippen LogP contribution >= 0.6 is 7.60 Å². The zero-order valence-electron chi connectivity index (χ0n) is 16.1. The number of ether oxygens (including phenoxy) is 1. The summed E-state index contributed by atoms with van der Waals surface area (Å²) >= 11 is 0.0927. The Morgan fingerprint density at radius 2 is 1.77 bits per heavy atom. The van der Waals surface area contributed by atoms with E-state index in [0.29, 0.717) is 13.0 Å². The summed E-state index contributed by atoms with van der Waals surface area (Å²) in [5.41, 5.74) is -0.143. The van der Waals surface area contributed by atoms with Gasteiger partial charge in [-0.25, -0.2) is 0 Å². The Labute approximate surface area is 162 Å². The Hall–Kier alpha value is -0.641. The average Bonchev–Trinajstić information content (AvgIpc) is 3.21. The van der Waals surface area contributed by atoms with Crippen LogP contribution in [0.1, 0.15) is 47.5 Å². The van der Waals surface area contributed by atoms with Crippen LogP contribution in [-0.2, 0) is 23.1 Å². The molecule has 0 heterocycles. The fraction of sp³-hybridized carbons (Fsp3) is 0.632. The number of benzene rings is 1. The normalized spacial score (nSPS) is 22.7. The molecule has 0 spiro atoms. The van der Waals surface area contributed by atoms with Gasteiger partial charge in [-0.15, -0.1) is 0 Å². The van der Waals surface area contributed by atoms with Gasteiger partial charge in [0.1, 0.15) is 0 Å². The van der Waals surface area contributed by atoms with Gasteiger partial charge in [-0.2, -0.15) is 0 Å². The molecule has 5 nitrogen and oxygen atoms in total. The van der Waals surface area contributed by atoms with E-state index >= 15 is 0 Å². The maximum absolute atomic E-state index is 13.6. The molecule has 0 saturated heterocycles. The van der Waals surface area contributed by atoms with Crippen LogP contribution in [0.3, 0.4) is 0 Å². The molecule has 0 bridgehead atoms. The van der Waals surface area contributed by atoms with E-state index in [1.54, 1.807) is 0 Å². The van der Waals surface area contributed by atoms with E-state index in [2.05, 4.69) is 12.1 Å². The molecule has 26 heavy (non-hydrogen) atoms. The average molecular weight is 447 g/mol. The SMILES string of the molecule is CC(=O)OCC[C@]1([Se]c2ccccc2)CC1P(=O)(OC(C)C)OC(C)C. The monoisotopic (exact) mass is 448 g/mol. The molecule has 2 rings (SSSR count). The van der Waals surface area contributed by atoms with Crippen molar-refractivity contribution in [3.8, 4) is 0 Å². The van der Waals surface area contributed by atoms with Gasteiger partial charge in [0.2, 0.25) is 0 Å². The molecular weight excluding hydrogens is 418 g/mol. The molecule has 0 aliphatic heterocycles. The molecule has 1 aromatic rings. The van der Waals surface area contributed by atoms with Crippen LogP contribution < -0.4 is 4.46 Å². The van der Waals surface area contributed by atoms with Crippen molar-refractivity contribution in [3.63, 3.8) is 0 Å². The van der Waals surface area contributed by atoms with Crippen molar-refractivity contribution in [3.05, 3.63) is 30.3 Å². The minimum atomic E-state index is -3.24.